The fourth-order valence-electron chi connectivity index (χ4n) is 5.52. The lowest BCUT2D eigenvalue weighted by Gasteiger charge is -2.46. The summed E-state index contributed by atoms with van der Waals surface area (Å²) in [7, 11) is 0. The van der Waals surface area contributed by atoms with E-state index in [1.54, 1.807) is 6.07 Å². The van der Waals surface area contributed by atoms with Crippen LogP contribution in [0.1, 0.15) is 46.2 Å². The lowest BCUT2D eigenvalue weighted by atomic mass is 9.79. The SMILES string of the molecule is CC1(C)CC(Nc2ccc(-c3cc(-c4cnn5c4CNCC5)ccc3O)nn2)CC(C)(C)N1. The predicted octanol–water partition coefficient (Wildman–Crippen LogP) is 3.54. The molecule has 174 valence electrons. The van der Waals surface area contributed by atoms with Gasteiger partial charge in [0.05, 0.1) is 24.1 Å². The Bertz CT molecular complexity index is 1130. The van der Waals surface area contributed by atoms with Crippen molar-refractivity contribution in [2.45, 2.75) is 70.7 Å². The minimum Gasteiger partial charge on any atom is -0.507 e. The van der Waals surface area contributed by atoms with Gasteiger partial charge in [0, 0.05) is 41.3 Å². The molecule has 2 aliphatic rings. The number of rotatable bonds is 4. The molecule has 0 atom stereocenters. The van der Waals surface area contributed by atoms with Gasteiger partial charge in [-0.15, -0.1) is 10.2 Å². The number of fused-ring (bicyclic) bond motifs is 1. The maximum atomic E-state index is 10.5. The zero-order valence-corrected chi connectivity index (χ0v) is 19.8. The summed E-state index contributed by atoms with van der Waals surface area (Å²) in [6.45, 7) is 11.5. The molecule has 2 aliphatic heterocycles. The fourth-order valence-corrected chi connectivity index (χ4v) is 5.52. The molecule has 5 rings (SSSR count). The van der Waals surface area contributed by atoms with Gasteiger partial charge >= 0.3 is 0 Å². The number of aromatic nitrogens is 4. The van der Waals surface area contributed by atoms with E-state index < -0.39 is 0 Å². The molecule has 0 amide bonds. The molecule has 0 radical (unpaired) electrons. The number of piperidine rings is 1. The Kier molecular flexibility index (Phi) is 5.37. The number of phenols is 1. The van der Waals surface area contributed by atoms with Crippen LogP contribution >= 0.6 is 0 Å². The molecule has 4 N–H and O–H groups in total. The summed E-state index contributed by atoms with van der Waals surface area (Å²) in [5.74, 6) is 0.944. The van der Waals surface area contributed by atoms with Gasteiger partial charge in [-0.3, -0.25) is 4.68 Å². The van der Waals surface area contributed by atoms with E-state index in [9.17, 15) is 5.11 Å². The van der Waals surface area contributed by atoms with Crippen molar-refractivity contribution in [2.24, 2.45) is 0 Å². The van der Waals surface area contributed by atoms with Crippen molar-refractivity contribution in [3.05, 3.63) is 42.2 Å². The first kappa shape index (κ1) is 21.9. The summed E-state index contributed by atoms with van der Waals surface area (Å²) in [6, 6.07) is 9.79. The van der Waals surface area contributed by atoms with E-state index >= 15 is 0 Å². The van der Waals surface area contributed by atoms with Crippen molar-refractivity contribution in [2.75, 3.05) is 11.9 Å². The van der Waals surface area contributed by atoms with E-state index in [4.69, 9.17) is 0 Å². The Labute approximate surface area is 194 Å². The Balaban J connectivity index is 1.37. The predicted molar refractivity (Wildman–Crippen MR) is 130 cm³/mol. The normalized spacial score (nSPS) is 19.8. The second-order valence-corrected chi connectivity index (χ2v) is 10.6. The average molecular weight is 448 g/mol. The molecular formula is C25H33N7O. The molecule has 33 heavy (non-hydrogen) atoms. The largest absolute Gasteiger partial charge is 0.507 e. The second-order valence-electron chi connectivity index (χ2n) is 10.6. The highest BCUT2D eigenvalue weighted by Crippen LogP contribution is 2.35. The van der Waals surface area contributed by atoms with Crippen molar-refractivity contribution in [1.82, 2.24) is 30.6 Å². The lowest BCUT2D eigenvalue weighted by molar-refractivity contribution is 0.170. The molecule has 1 fully saturated rings. The van der Waals surface area contributed by atoms with E-state index in [1.807, 2.05) is 35.1 Å². The molecule has 1 aromatic carbocycles. The topological polar surface area (TPSA) is 99.9 Å². The maximum absolute atomic E-state index is 10.5. The molecule has 8 heteroatoms. The summed E-state index contributed by atoms with van der Waals surface area (Å²) in [6.07, 6.45) is 3.92. The number of nitrogens with zero attached hydrogens (tertiary/aromatic N) is 4. The molecule has 1 saturated heterocycles. The van der Waals surface area contributed by atoms with Crippen molar-refractivity contribution in [3.8, 4) is 28.1 Å². The van der Waals surface area contributed by atoms with Crippen LogP contribution in [0.15, 0.2) is 36.5 Å². The van der Waals surface area contributed by atoms with E-state index in [1.165, 1.54) is 0 Å². The molecule has 0 bridgehead atoms. The monoisotopic (exact) mass is 447 g/mol. The summed E-state index contributed by atoms with van der Waals surface area (Å²) < 4.78 is 2.04. The Hall–Kier alpha value is -2.97. The molecule has 0 unspecified atom stereocenters. The number of hydrogen-bond donors (Lipinski definition) is 4. The van der Waals surface area contributed by atoms with Crippen molar-refractivity contribution in [3.63, 3.8) is 0 Å². The van der Waals surface area contributed by atoms with Gasteiger partial charge in [-0.05, 0) is 70.4 Å². The minimum absolute atomic E-state index is 0.0572. The molecule has 4 heterocycles. The van der Waals surface area contributed by atoms with Crippen LogP contribution in [-0.2, 0) is 13.1 Å². The molecule has 0 aliphatic carbocycles. The van der Waals surface area contributed by atoms with Gasteiger partial charge in [0.1, 0.15) is 11.6 Å². The molecule has 0 saturated carbocycles. The highest BCUT2D eigenvalue weighted by atomic mass is 16.3. The van der Waals surface area contributed by atoms with Crippen LogP contribution in [0.5, 0.6) is 5.75 Å². The fraction of sp³-hybridized carbons (Fsp3) is 0.480. The van der Waals surface area contributed by atoms with Crippen molar-refractivity contribution < 1.29 is 5.11 Å². The van der Waals surface area contributed by atoms with Gasteiger partial charge in [0.15, 0.2) is 0 Å². The quantitative estimate of drug-likeness (QED) is 0.485. The maximum Gasteiger partial charge on any atom is 0.148 e. The smallest absolute Gasteiger partial charge is 0.148 e. The number of phenolic OH excluding ortho intramolecular Hbond substituents is 1. The van der Waals surface area contributed by atoms with Gasteiger partial charge in [0.2, 0.25) is 0 Å². The first-order chi connectivity index (χ1) is 15.7. The molecule has 3 aromatic rings. The molecule has 2 aromatic heterocycles. The molecule has 0 spiro atoms. The highest BCUT2D eigenvalue weighted by Gasteiger charge is 2.37. The van der Waals surface area contributed by atoms with Crippen LogP contribution in [0.3, 0.4) is 0 Å². The van der Waals surface area contributed by atoms with Crippen molar-refractivity contribution >= 4 is 5.82 Å². The van der Waals surface area contributed by atoms with E-state index in [0.29, 0.717) is 17.3 Å². The van der Waals surface area contributed by atoms with Gasteiger partial charge in [0.25, 0.3) is 0 Å². The zero-order chi connectivity index (χ0) is 23.2. The molecular weight excluding hydrogens is 414 g/mol. The first-order valence-corrected chi connectivity index (χ1v) is 11.7. The first-order valence-electron chi connectivity index (χ1n) is 11.7. The highest BCUT2D eigenvalue weighted by molar-refractivity contribution is 5.76. The van der Waals surface area contributed by atoms with E-state index in [0.717, 1.165) is 55.1 Å². The second kappa shape index (κ2) is 8.11. The number of nitrogens with one attached hydrogen (secondary N) is 3. The summed E-state index contributed by atoms with van der Waals surface area (Å²) in [4.78, 5) is 0. The Morgan fingerprint density at radius 3 is 2.55 bits per heavy atom. The summed E-state index contributed by atoms with van der Waals surface area (Å²) >= 11 is 0. The van der Waals surface area contributed by atoms with Gasteiger partial charge in [-0.1, -0.05) is 6.07 Å². The standard InChI is InChI=1S/C25H33N7O/c1-24(2)12-17(13-25(3,4)31-24)28-23-8-6-20(29-30-23)18-11-16(5-7-22(18)33)19-14-27-32-10-9-26-15-21(19)32/h5-8,11,14,17,26,31,33H,9-10,12-13,15H2,1-4H3,(H,28,30). The number of hydrogen-bond acceptors (Lipinski definition) is 7. The zero-order valence-electron chi connectivity index (χ0n) is 19.8. The summed E-state index contributed by atoms with van der Waals surface area (Å²) in [5, 5.41) is 34.6. The molecule has 8 nitrogen and oxygen atoms in total. The van der Waals surface area contributed by atoms with Gasteiger partial charge < -0.3 is 21.1 Å². The number of aromatic hydroxyl groups is 1. The van der Waals surface area contributed by atoms with E-state index in [-0.39, 0.29) is 16.8 Å². The Morgan fingerprint density at radius 2 is 1.82 bits per heavy atom. The summed E-state index contributed by atoms with van der Waals surface area (Å²) in [5.41, 5.74) is 4.67. The van der Waals surface area contributed by atoms with Crippen LogP contribution in [0, 0.1) is 0 Å². The third-order valence-corrected chi connectivity index (χ3v) is 6.53. The van der Waals surface area contributed by atoms with Crippen LogP contribution in [0.2, 0.25) is 0 Å². The van der Waals surface area contributed by atoms with Crippen molar-refractivity contribution in [1.29, 1.82) is 0 Å². The van der Waals surface area contributed by atoms with Crippen LogP contribution in [0.25, 0.3) is 22.4 Å². The van der Waals surface area contributed by atoms with Gasteiger partial charge in [-0.2, -0.15) is 5.10 Å². The van der Waals surface area contributed by atoms with Crippen LogP contribution < -0.4 is 16.0 Å². The van der Waals surface area contributed by atoms with E-state index in [2.05, 4.69) is 58.9 Å². The van der Waals surface area contributed by atoms with Gasteiger partial charge in [-0.25, -0.2) is 0 Å². The van der Waals surface area contributed by atoms with Crippen LogP contribution in [-0.4, -0.2) is 48.7 Å². The minimum atomic E-state index is 0.0572. The van der Waals surface area contributed by atoms with Crippen LogP contribution in [0.4, 0.5) is 5.82 Å². The average Bonchev–Trinajstić information content (AvgIpc) is 3.17. The Morgan fingerprint density at radius 1 is 1.03 bits per heavy atom. The third kappa shape index (κ3) is 4.58. The number of anilines is 1. The third-order valence-electron chi connectivity index (χ3n) is 6.53. The lowest BCUT2D eigenvalue weighted by Crippen LogP contribution is -2.60. The number of benzene rings is 1.